The van der Waals surface area contributed by atoms with E-state index in [4.69, 9.17) is 4.74 Å². The third-order valence-electron chi connectivity index (χ3n) is 2.66. The average molecular weight is 169 g/mol. The van der Waals surface area contributed by atoms with Gasteiger partial charge >= 0.3 is 5.97 Å². The Morgan fingerprint density at radius 1 is 1.42 bits per heavy atom. The minimum absolute atomic E-state index is 0.102. The van der Waals surface area contributed by atoms with E-state index in [9.17, 15) is 9.59 Å². The zero-order valence-electron chi connectivity index (χ0n) is 6.78. The highest BCUT2D eigenvalue weighted by molar-refractivity contribution is 5.77. The van der Waals surface area contributed by atoms with Gasteiger partial charge in [-0.05, 0) is 0 Å². The number of hydrogen-bond donors (Lipinski definition) is 0. The van der Waals surface area contributed by atoms with E-state index in [0.717, 1.165) is 32.3 Å². The fourth-order valence-corrected chi connectivity index (χ4v) is 1.81. The maximum Gasteiger partial charge on any atom is 0.310 e. The normalized spacial score (nSPS) is 26.3. The predicted octanol–water partition coefficient (Wildman–Crippen LogP) is -0.0757. The van der Waals surface area contributed by atoms with Crippen molar-refractivity contribution in [3.63, 3.8) is 0 Å². The minimum atomic E-state index is -0.198. The van der Waals surface area contributed by atoms with Crippen LogP contribution in [0.15, 0.2) is 0 Å². The summed E-state index contributed by atoms with van der Waals surface area (Å²) in [5.74, 6) is -0.102. The van der Waals surface area contributed by atoms with Crippen LogP contribution in [0, 0.1) is 0 Å². The van der Waals surface area contributed by atoms with Crippen molar-refractivity contribution in [1.82, 2.24) is 4.90 Å². The number of rotatable bonds is 1. The number of nitrogens with zero attached hydrogens (tertiary/aromatic N) is 1. The van der Waals surface area contributed by atoms with Crippen LogP contribution in [0.5, 0.6) is 0 Å². The number of piperidine rings is 1. The lowest BCUT2D eigenvalue weighted by molar-refractivity contribution is -0.199. The first-order valence-electron chi connectivity index (χ1n) is 4.15. The second-order valence-electron chi connectivity index (χ2n) is 3.48. The van der Waals surface area contributed by atoms with Gasteiger partial charge < -0.3 is 9.64 Å². The van der Waals surface area contributed by atoms with Crippen LogP contribution in [0.2, 0.25) is 0 Å². The van der Waals surface area contributed by atoms with E-state index in [1.807, 2.05) is 0 Å². The molecule has 0 saturated carbocycles. The van der Waals surface area contributed by atoms with Crippen LogP contribution in [0.1, 0.15) is 19.3 Å². The summed E-state index contributed by atoms with van der Waals surface area (Å²) in [6.07, 6.45) is 3.00. The Morgan fingerprint density at radius 3 is 2.42 bits per heavy atom. The number of hydrogen-bond acceptors (Lipinski definition) is 3. The smallest absolute Gasteiger partial charge is 0.310 e. The molecule has 0 bridgehead atoms. The zero-order chi connectivity index (χ0) is 8.60. The molecule has 2 aliphatic rings. The Bertz CT molecular complexity index is 208. The van der Waals surface area contributed by atoms with Crippen LogP contribution in [0.4, 0.5) is 0 Å². The molecule has 2 fully saturated rings. The Kier molecular flexibility index (Phi) is 1.56. The Balaban J connectivity index is 1.90. The zero-order valence-corrected chi connectivity index (χ0v) is 6.78. The second-order valence-corrected chi connectivity index (χ2v) is 3.48. The van der Waals surface area contributed by atoms with Gasteiger partial charge in [-0.25, -0.2) is 0 Å². The molecule has 2 heterocycles. The van der Waals surface area contributed by atoms with Crippen molar-refractivity contribution < 1.29 is 14.3 Å². The molecule has 2 saturated heterocycles. The number of ether oxygens (including phenoxy) is 1. The first-order chi connectivity index (χ1) is 5.74. The highest BCUT2D eigenvalue weighted by Gasteiger charge is 2.47. The summed E-state index contributed by atoms with van der Waals surface area (Å²) < 4.78 is 5.08. The first kappa shape index (κ1) is 7.58. The highest BCUT2D eigenvalue weighted by atomic mass is 16.6. The molecular weight excluding hydrogens is 158 g/mol. The molecule has 0 radical (unpaired) electrons. The van der Waals surface area contributed by atoms with Crippen molar-refractivity contribution in [1.29, 1.82) is 0 Å². The van der Waals surface area contributed by atoms with Gasteiger partial charge in [0, 0.05) is 25.9 Å². The van der Waals surface area contributed by atoms with Crippen LogP contribution < -0.4 is 0 Å². The molecule has 2 aliphatic heterocycles. The maximum absolute atomic E-state index is 10.6. The van der Waals surface area contributed by atoms with E-state index in [1.54, 1.807) is 4.90 Å². The van der Waals surface area contributed by atoms with Gasteiger partial charge in [-0.3, -0.25) is 9.59 Å². The standard InChI is InChI=1S/C8H11NO3/c10-6-9-3-1-8(2-4-9)5-7(11)12-8/h6H,1-5H2. The number of carbonyl (C=O) groups excluding carboxylic acids is 2. The molecule has 12 heavy (non-hydrogen) atoms. The number of carbonyl (C=O) groups is 2. The fraction of sp³-hybridized carbons (Fsp3) is 0.750. The van der Waals surface area contributed by atoms with E-state index in [-0.39, 0.29) is 11.6 Å². The summed E-state index contributed by atoms with van der Waals surface area (Å²) in [6.45, 7) is 1.44. The van der Waals surface area contributed by atoms with Gasteiger partial charge in [0.2, 0.25) is 6.41 Å². The summed E-state index contributed by atoms with van der Waals surface area (Å²) in [4.78, 5) is 22.7. The van der Waals surface area contributed by atoms with Crippen molar-refractivity contribution >= 4 is 12.4 Å². The third kappa shape index (κ3) is 1.07. The summed E-state index contributed by atoms with van der Waals surface area (Å²) in [7, 11) is 0. The fourth-order valence-electron chi connectivity index (χ4n) is 1.81. The van der Waals surface area contributed by atoms with Crippen molar-refractivity contribution in [2.45, 2.75) is 24.9 Å². The average Bonchev–Trinajstić information content (AvgIpc) is 2.04. The predicted molar refractivity (Wildman–Crippen MR) is 40.3 cm³/mol. The molecule has 0 aromatic carbocycles. The SMILES string of the molecule is O=CN1CCC2(CC1)CC(=O)O2. The minimum Gasteiger partial charge on any atom is -0.458 e. The van der Waals surface area contributed by atoms with E-state index in [0.29, 0.717) is 6.42 Å². The van der Waals surface area contributed by atoms with Gasteiger partial charge in [0.15, 0.2) is 0 Å². The molecule has 0 aromatic heterocycles. The van der Waals surface area contributed by atoms with Gasteiger partial charge in [-0.15, -0.1) is 0 Å². The highest BCUT2D eigenvalue weighted by Crippen LogP contribution is 2.37. The molecule has 0 N–H and O–H groups in total. The monoisotopic (exact) mass is 169 g/mol. The van der Waals surface area contributed by atoms with E-state index in [2.05, 4.69) is 0 Å². The van der Waals surface area contributed by atoms with E-state index in [1.165, 1.54) is 0 Å². The van der Waals surface area contributed by atoms with Crippen molar-refractivity contribution in [3.8, 4) is 0 Å². The molecule has 0 aromatic rings. The van der Waals surface area contributed by atoms with Crippen molar-refractivity contribution in [2.24, 2.45) is 0 Å². The first-order valence-corrected chi connectivity index (χ1v) is 4.15. The van der Waals surface area contributed by atoms with Gasteiger partial charge in [0.05, 0.1) is 6.42 Å². The molecule has 1 spiro atoms. The van der Waals surface area contributed by atoms with E-state index >= 15 is 0 Å². The topological polar surface area (TPSA) is 46.6 Å². The van der Waals surface area contributed by atoms with Crippen LogP contribution in [0.25, 0.3) is 0 Å². The Hall–Kier alpha value is -1.06. The molecule has 4 heteroatoms. The van der Waals surface area contributed by atoms with Crippen LogP contribution in [-0.2, 0) is 14.3 Å². The molecule has 0 aliphatic carbocycles. The Labute approximate surface area is 70.5 Å². The molecule has 4 nitrogen and oxygen atoms in total. The molecule has 66 valence electrons. The summed E-state index contributed by atoms with van der Waals surface area (Å²) >= 11 is 0. The Morgan fingerprint density at radius 2 is 2.00 bits per heavy atom. The van der Waals surface area contributed by atoms with Gasteiger partial charge in [-0.1, -0.05) is 0 Å². The molecule has 0 atom stereocenters. The molecule has 0 unspecified atom stereocenters. The lowest BCUT2D eigenvalue weighted by Crippen LogP contribution is -2.54. The number of amides is 1. The van der Waals surface area contributed by atoms with Crippen LogP contribution in [-0.4, -0.2) is 36.0 Å². The quantitative estimate of drug-likeness (QED) is 0.407. The van der Waals surface area contributed by atoms with Gasteiger partial charge in [0.1, 0.15) is 5.60 Å². The van der Waals surface area contributed by atoms with Crippen molar-refractivity contribution in [3.05, 3.63) is 0 Å². The van der Waals surface area contributed by atoms with Crippen molar-refractivity contribution in [2.75, 3.05) is 13.1 Å². The second kappa shape index (κ2) is 2.47. The van der Waals surface area contributed by atoms with Crippen LogP contribution in [0.3, 0.4) is 0 Å². The molecule has 2 rings (SSSR count). The van der Waals surface area contributed by atoms with E-state index < -0.39 is 0 Å². The summed E-state index contributed by atoms with van der Waals surface area (Å²) in [5, 5.41) is 0. The van der Waals surface area contributed by atoms with Gasteiger partial charge in [-0.2, -0.15) is 0 Å². The lowest BCUT2D eigenvalue weighted by atomic mass is 9.84. The van der Waals surface area contributed by atoms with Crippen LogP contribution >= 0.6 is 0 Å². The maximum atomic E-state index is 10.6. The molecule has 1 amide bonds. The summed E-state index contributed by atoms with van der Waals surface area (Å²) in [5.41, 5.74) is -0.198. The summed E-state index contributed by atoms with van der Waals surface area (Å²) in [6, 6.07) is 0. The number of esters is 1. The third-order valence-corrected chi connectivity index (χ3v) is 2.66. The van der Waals surface area contributed by atoms with Gasteiger partial charge in [0.25, 0.3) is 0 Å². The lowest BCUT2D eigenvalue weighted by Gasteiger charge is -2.45. The number of likely N-dealkylation sites (tertiary alicyclic amines) is 1. The molecular formula is C8H11NO3. The largest absolute Gasteiger partial charge is 0.458 e.